The molecule has 1 atom stereocenters. The second-order valence-corrected chi connectivity index (χ2v) is 4.38. The van der Waals surface area contributed by atoms with Crippen molar-refractivity contribution in [1.29, 1.82) is 0 Å². The third-order valence-corrected chi connectivity index (χ3v) is 3.12. The second kappa shape index (κ2) is 4.63. The monoisotopic (exact) mass is 235 g/mol. The Bertz CT molecular complexity index is 445. The van der Waals surface area contributed by atoms with Crippen molar-refractivity contribution in [2.75, 3.05) is 13.7 Å². The molecule has 1 aliphatic rings. The molecule has 0 aliphatic carbocycles. The molecule has 5 heteroatoms. The summed E-state index contributed by atoms with van der Waals surface area (Å²) in [6.07, 6.45) is 0. The largest absolute Gasteiger partial charge is 0.492 e. The zero-order valence-corrected chi connectivity index (χ0v) is 10.1. The lowest BCUT2D eigenvalue weighted by molar-refractivity contribution is 0.189. The summed E-state index contributed by atoms with van der Waals surface area (Å²) in [6.45, 7) is 3.60. The Morgan fingerprint density at radius 3 is 3.06 bits per heavy atom. The van der Waals surface area contributed by atoms with Crippen LogP contribution in [0.2, 0.25) is 0 Å². The van der Waals surface area contributed by atoms with Crippen molar-refractivity contribution in [2.45, 2.75) is 19.5 Å². The minimum absolute atomic E-state index is 0.0991. The molecule has 0 amide bonds. The third kappa shape index (κ3) is 2.34. The fourth-order valence-electron chi connectivity index (χ4n) is 1.80. The van der Waals surface area contributed by atoms with Crippen molar-refractivity contribution in [3.05, 3.63) is 29.3 Å². The summed E-state index contributed by atoms with van der Waals surface area (Å²) in [5.41, 5.74) is 7.34. The van der Waals surface area contributed by atoms with Crippen LogP contribution >= 0.6 is 0 Å². The van der Waals surface area contributed by atoms with Crippen molar-refractivity contribution in [1.82, 2.24) is 4.90 Å². The Morgan fingerprint density at radius 1 is 1.59 bits per heavy atom. The molecule has 1 aliphatic heterocycles. The highest BCUT2D eigenvalue weighted by Gasteiger charge is 2.18. The van der Waals surface area contributed by atoms with Crippen LogP contribution in [0.25, 0.3) is 0 Å². The van der Waals surface area contributed by atoms with Crippen LogP contribution in [-0.2, 0) is 6.54 Å². The van der Waals surface area contributed by atoms with Gasteiger partial charge in [-0.05, 0) is 20.0 Å². The van der Waals surface area contributed by atoms with Gasteiger partial charge in [0.05, 0.1) is 0 Å². The molecule has 92 valence electrons. The van der Waals surface area contributed by atoms with Crippen LogP contribution in [0.4, 0.5) is 0 Å². The van der Waals surface area contributed by atoms with E-state index in [4.69, 9.17) is 15.7 Å². The third-order valence-electron chi connectivity index (χ3n) is 3.12. The zero-order chi connectivity index (χ0) is 12.4. The first-order chi connectivity index (χ1) is 8.11. The average molecular weight is 235 g/mol. The molecule has 0 aromatic heterocycles. The number of likely N-dealkylation sites (N-methyl/N-ethyl adjacent to an activating group) is 1. The first-order valence-corrected chi connectivity index (χ1v) is 5.55. The van der Waals surface area contributed by atoms with Crippen LogP contribution in [0.15, 0.2) is 23.4 Å². The summed E-state index contributed by atoms with van der Waals surface area (Å²) >= 11 is 0. The first kappa shape index (κ1) is 11.7. The summed E-state index contributed by atoms with van der Waals surface area (Å²) in [4.78, 5) is 2.23. The first-order valence-electron chi connectivity index (χ1n) is 5.55. The average Bonchev–Trinajstić information content (AvgIpc) is 2.48. The molecule has 0 saturated heterocycles. The molecule has 5 nitrogen and oxygen atoms in total. The van der Waals surface area contributed by atoms with Crippen LogP contribution in [0.5, 0.6) is 5.75 Å². The van der Waals surface area contributed by atoms with E-state index in [2.05, 4.69) is 24.0 Å². The van der Waals surface area contributed by atoms with Gasteiger partial charge < -0.3 is 15.7 Å². The van der Waals surface area contributed by atoms with E-state index in [-0.39, 0.29) is 5.84 Å². The summed E-state index contributed by atoms with van der Waals surface area (Å²) in [6, 6.07) is 5.98. The Labute approximate surface area is 100 Å². The minimum atomic E-state index is 0.0991. The number of fused-ring (bicyclic) bond motifs is 1. The van der Waals surface area contributed by atoms with E-state index in [1.165, 1.54) is 0 Å². The number of oxime groups is 1. The zero-order valence-electron chi connectivity index (χ0n) is 10.1. The highest BCUT2D eigenvalue weighted by atomic mass is 16.5. The molecule has 17 heavy (non-hydrogen) atoms. The number of benzene rings is 1. The standard InChI is InChI=1S/C12H17N3O2/c1-8-7-17-11-5-9(12(13)14-16)3-4-10(11)6-15(8)2/h3-5,8,16H,6-7H2,1-2H3,(H2,13,14)/t8-/m0/s1. The fourth-order valence-corrected chi connectivity index (χ4v) is 1.80. The van der Waals surface area contributed by atoms with Crippen LogP contribution in [0.1, 0.15) is 18.1 Å². The molecule has 0 unspecified atom stereocenters. The second-order valence-electron chi connectivity index (χ2n) is 4.38. The molecule has 0 radical (unpaired) electrons. The van der Waals surface area contributed by atoms with Crippen LogP contribution in [0, 0.1) is 0 Å². The van der Waals surface area contributed by atoms with Gasteiger partial charge in [-0.25, -0.2) is 0 Å². The number of nitrogens with two attached hydrogens (primary N) is 1. The highest BCUT2D eigenvalue weighted by Crippen LogP contribution is 2.25. The predicted molar refractivity (Wildman–Crippen MR) is 65.4 cm³/mol. The Morgan fingerprint density at radius 2 is 2.35 bits per heavy atom. The smallest absolute Gasteiger partial charge is 0.170 e. The lowest BCUT2D eigenvalue weighted by Gasteiger charge is -2.19. The fraction of sp³-hybridized carbons (Fsp3) is 0.417. The molecule has 0 fully saturated rings. The van der Waals surface area contributed by atoms with Crippen LogP contribution in [0.3, 0.4) is 0 Å². The van der Waals surface area contributed by atoms with E-state index in [0.717, 1.165) is 17.9 Å². The SMILES string of the molecule is C[C@H]1COc2cc(/C(N)=N/O)ccc2CN1C. The normalized spacial score (nSPS) is 21.5. The molecule has 3 N–H and O–H groups in total. The molecule has 1 aromatic carbocycles. The molecule has 1 heterocycles. The van der Waals surface area contributed by atoms with E-state index in [9.17, 15) is 0 Å². The lowest BCUT2D eigenvalue weighted by atomic mass is 10.1. The summed E-state index contributed by atoms with van der Waals surface area (Å²) in [5.74, 6) is 0.910. The van der Waals surface area contributed by atoms with E-state index in [1.807, 2.05) is 18.2 Å². The number of ether oxygens (including phenoxy) is 1. The maximum Gasteiger partial charge on any atom is 0.170 e. The Kier molecular flexibility index (Phi) is 3.19. The van der Waals surface area contributed by atoms with Gasteiger partial charge in [-0.1, -0.05) is 17.3 Å². The van der Waals surface area contributed by atoms with Gasteiger partial charge in [0, 0.05) is 23.7 Å². The van der Waals surface area contributed by atoms with Gasteiger partial charge in [-0.15, -0.1) is 0 Å². The lowest BCUT2D eigenvalue weighted by Crippen LogP contribution is -2.31. The quantitative estimate of drug-likeness (QED) is 0.329. The van der Waals surface area contributed by atoms with Crippen molar-refractivity contribution in [3.63, 3.8) is 0 Å². The number of hydrogen-bond acceptors (Lipinski definition) is 4. The van der Waals surface area contributed by atoms with E-state index in [1.54, 1.807) is 0 Å². The molecule has 1 aromatic rings. The molecule has 2 rings (SSSR count). The van der Waals surface area contributed by atoms with E-state index < -0.39 is 0 Å². The Hall–Kier alpha value is -1.75. The summed E-state index contributed by atoms with van der Waals surface area (Å²) < 4.78 is 5.73. The van der Waals surface area contributed by atoms with Crippen molar-refractivity contribution >= 4 is 5.84 Å². The summed E-state index contributed by atoms with van der Waals surface area (Å²) in [5, 5.41) is 11.6. The van der Waals surface area contributed by atoms with Gasteiger partial charge in [-0.3, -0.25) is 4.90 Å². The maximum absolute atomic E-state index is 8.65. The van der Waals surface area contributed by atoms with Crippen molar-refractivity contribution < 1.29 is 9.94 Å². The van der Waals surface area contributed by atoms with Gasteiger partial charge >= 0.3 is 0 Å². The molecular formula is C12H17N3O2. The number of nitrogens with zero attached hydrogens (tertiary/aromatic N) is 2. The number of hydrogen-bond donors (Lipinski definition) is 2. The van der Waals surface area contributed by atoms with Crippen molar-refractivity contribution in [2.24, 2.45) is 10.9 Å². The van der Waals surface area contributed by atoms with E-state index in [0.29, 0.717) is 18.2 Å². The molecule has 0 saturated carbocycles. The topological polar surface area (TPSA) is 71.1 Å². The van der Waals surface area contributed by atoms with E-state index >= 15 is 0 Å². The molecule has 0 spiro atoms. The summed E-state index contributed by atoms with van der Waals surface area (Å²) in [7, 11) is 2.07. The van der Waals surface area contributed by atoms with Gasteiger partial charge in [0.1, 0.15) is 12.4 Å². The predicted octanol–water partition coefficient (Wildman–Crippen LogP) is 0.994. The van der Waals surface area contributed by atoms with Crippen molar-refractivity contribution in [3.8, 4) is 5.75 Å². The van der Waals surface area contributed by atoms with Gasteiger partial charge in [0.15, 0.2) is 5.84 Å². The molecular weight excluding hydrogens is 218 g/mol. The number of amidine groups is 1. The van der Waals surface area contributed by atoms with Crippen LogP contribution in [-0.4, -0.2) is 35.6 Å². The Balaban J connectivity index is 2.34. The van der Waals surface area contributed by atoms with Gasteiger partial charge in [-0.2, -0.15) is 0 Å². The molecule has 0 bridgehead atoms. The van der Waals surface area contributed by atoms with Gasteiger partial charge in [0.25, 0.3) is 0 Å². The maximum atomic E-state index is 8.65. The number of rotatable bonds is 1. The van der Waals surface area contributed by atoms with Gasteiger partial charge in [0.2, 0.25) is 0 Å². The minimum Gasteiger partial charge on any atom is -0.492 e. The van der Waals surface area contributed by atoms with Crippen LogP contribution < -0.4 is 10.5 Å². The highest BCUT2D eigenvalue weighted by molar-refractivity contribution is 5.97.